The molecule has 1 atom stereocenters. The van der Waals surface area contributed by atoms with Crippen molar-refractivity contribution in [1.29, 1.82) is 0 Å². The molecule has 136 valence electrons. The lowest BCUT2D eigenvalue weighted by Crippen LogP contribution is -2.37. The Bertz CT molecular complexity index is 992. The van der Waals surface area contributed by atoms with Gasteiger partial charge in [0.2, 0.25) is 5.91 Å². The van der Waals surface area contributed by atoms with E-state index in [-0.39, 0.29) is 18.0 Å². The molecule has 26 heavy (non-hydrogen) atoms. The van der Waals surface area contributed by atoms with E-state index in [9.17, 15) is 9.59 Å². The fraction of sp³-hybridized carbons (Fsp3) is 0.278. The predicted octanol–water partition coefficient (Wildman–Crippen LogP) is 1.39. The van der Waals surface area contributed by atoms with Gasteiger partial charge >= 0.3 is 0 Å². The van der Waals surface area contributed by atoms with E-state index >= 15 is 0 Å². The molecule has 0 spiro atoms. The van der Waals surface area contributed by atoms with Crippen LogP contribution in [-0.2, 0) is 11.3 Å². The van der Waals surface area contributed by atoms with Crippen LogP contribution in [0, 0.1) is 0 Å². The predicted molar refractivity (Wildman–Crippen MR) is 95.6 cm³/mol. The largest absolute Gasteiger partial charge is 0.493 e. The first-order chi connectivity index (χ1) is 12.6. The average Bonchev–Trinajstić information content (AvgIpc) is 3.15. The van der Waals surface area contributed by atoms with Gasteiger partial charge in [-0.3, -0.25) is 9.59 Å². The molecule has 0 saturated carbocycles. The van der Waals surface area contributed by atoms with Crippen LogP contribution in [0.2, 0.25) is 0 Å². The Morgan fingerprint density at radius 1 is 1.23 bits per heavy atom. The number of benzene rings is 1. The number of ether oxygens (including phenoxy) is 2. The van der Waals surface area contributed by atoms with E-state index in [0.29, 0.717) is 17.0 Å². The molecule has 0 radical (unpaired) electrons. The Labute approximate surface area is 150 Å². The van der Waals surface area contributed by atoms with Crippen molar-refractivity contribution in [3.63, 3.8) is 0 Å². The lowest BCUT2D eigenvalue weighted by molar-refractivity contribution is -0.124. The van der Waals surface area contributed by atoms with Crippen LogP contribution in [-0.4, -0.2) is 34.3 Å². The lowest BCUT2D eigenvalue weighted by atomic mass is 10.1. The lowest BCUT2D eigenvalue weighted by Gasteiger charge is -2.16. The minimum Gasteiger partial charge on any atom is -0.493 e. The Balaban J connectivity index is 1.78. The molecule has 2 aromatic heterocycles. The standard InChI is InChI=1S/C18H20N4O4/c1-12(22-18(24)14-7-5-9-21(14)11-20-22)17(23)19-10-13-6-4-8-15(25-2)16(13)26-3/h4-9,11-12H,10H2,1-3H3,(H,19,23)/t12-/m1/s1. The number of rotatable bonds is 6. The summed E-state index contributed by atoms with van der Waals surface area (Å²) in [6.07, 6.45) is 3.24. The molecular weight excluding hydrogens is 336 g/mol. The molecule has 0 saturated heterocycles. The number of hydrogen-bond donors (Lipinski definition) is 1. The van der Waals surface area contributed by atoms with Crippen LogP contribution >= 0.6 is 0 Å². The topological polar surface area (TPSA) is 86.9 Å². The second-order valence-corrected chi connectivity index (χ2v) is 5.73. The Hall–Kier alpha value is -3.29. The number of hydrogen-bond acceptors (Lipinski definition) is 5. The first kappa shape index (κ1) is 17.5. The molecule has 0 unspecified atom stereocenters. The quantitative estimate of drug-likeness (QED) is 0.721. The zero-order chi connectivity index (χ0) is 18.7. The molecule has 0 bridgehead atoms. The van der Waals surface area contributed by atoms with Crippen molar-refractivity contribution in [3.05, 3.63) is 58.8 Å². The van der Waals surface area contributed by atoms with Crippen molar-refractivity contribution in [2.24, 2.45) is 0 Å². The number of fused-ring (bicyclic) bond motifs is 1. The number of carbonyl (C=O) groups excluding carboxylic acids is 1. The Kier molecular flexibility index (Phi) is 4.92. The van der Waals surface area contributed by atoms with E-state index in [1.54, 1.807) is 49.9 Å². The molecule has 2 heterocycles. The fourth-order valence-corrected chi connectivity index (χ4v) is 2.77. The van der Waals surface area contributed by atoms with Gasteiger partial charge in [0.1, 0.15) is 17.9 Å². The molecule has 1 N–H and O–H groups in total. The van der Waals surface area contributed by atoms with Crippen molar-refractivity contribution in [1.82, 2.24) is 19.5 Å². The summed E-state index contributed by atoms with van der Waals surface area (Å²) in [7, 11) is 3.10. The number of para-hydroxylation sites is 1. The highest BCUT2D eigenvalue weighted by atomic mass is 16.5. The van der Waals surface area contributed by atoms with Crippen molar-refractivity contribution >= 4 is 11.4 Å². The fourth-order valence-electron chi connectivity index (χ4n) is 2.77. The number of nitrogens with one attached hydrogen (secondary N) is 1. The molecule has 0 aliphatic heterocycles. The average molecular weight is 356 g/mol. The Morgan fingerprint density at radius 3 is 2.77 bits per heavy atom. The Morgan fingerprint density at radius 2 is 2.04 bits per heavy atom. The van der Waals surface area contributed by atoms with Crippen LogP contribution in [0.15, 0.2) is 47.7 Å². The second-order valence-electron chi connectivity index (χ2n) is 5.73. The van der Waals surface area contributed by atoms with Crippen LogP contribution in [0.1, 0.15) is 18.5 Å². The van der Waals surface area contributed by atoms with Crippen LogP contribution < -0.4 is 20.3 Å². The van der Waals surface area contributed by atoms with Gasteiger partial charge in [0.05, 0.1) is 14.2 Å². The normalized spacial score (nSPS) is 12.0. The summed E-state index contributed by atoms with van der Waals surface area (Å²) < 4.78 is 13.4. The second kappa shape index (κ2) is 7.30. The monoisotopic (exact) mass is 356 g/mol. The summed E-state index contributed by atoms with van der Waals surface area (Å²) in [6, 6.07) is 8.12. The third kappa shape index (κ3) is 3.13. The zero-order valence-electron chi connectivity index (χ0n) is 14.8. The number of amides is 1. The van der Waals surface area contributed by atoms with Crippen molar-refractivity contribution in [2.75, 3.05) is 14.2 Å². The van der Waals surface area contributed by atoms with E-state index in [1.807, 2.05) is 12.1 Å². The van der Waals surface area contributed by atoms with E-state index in [2.05, 4.69) is 10.4 Å². The van der Waals surface area contributed by atoms with Gasteiger partial charge in [0.15, 0.2) is 11.5 Å². The first-order valence-electron chi connectivity index (χ1n) is 8.09. The zero-order valence-corrected chi connectivity index (χ0v) is 14.8. The van der Waals surface area contributed by atoms with Gasteiger partial charge in [-0.25, -0.2) is 4.68 Å². The molecule has 3 aromatic rings. The number of aromatic nitrogens is 3. The third-order valence-electron chi connectivity index (χ3n) is 4.19. The molecule has 3 rings (SSSR count). The molecule has 8 nitrogen and oxygen atoms in total. The highest BCUT2D eigenvalue weighted by Crippen LogP contribution is 2.30. The highest BCUT2D eigenvalue weighted by Gasteiger charge is 2.19. The molecule has 0 fully saturated rings. The summed E-state index contributed by atoms with van der Waals surface area (Å²) in [5.41, 5.74) is 0.919. The maximum Gasteiger partial charge on any atom is 0.291 e. The molecule has 0 aliphatic rings. The third-order valence-corrected chi connectivity index (χ3v) is 4.19. The molecular formula is C18H20N4O4. The van der Waals surface area contributed by atoms with Gasteiger partial charge in [-0.05, 0) is 25.1 Å². The molecule has 0 aliphatic carbocycles. The van der Waals surface area contributed by atoms with Gasteiger partial charge in [-0.2, -0.15) is 5.10 Å². The van der Waals surface area contributed by atoms with Gasteiger partial charge in [0.25, 0.3) is 5.56 Å². The first-order valence-corrected chi connectivity index (χ1v) is 8.09. The minimum absolute atomic E-state index is 0.242. The number of nitrogens with zero attached hydrogens (tertiary/aromatic N) is 3. The van der Waals surface area contributed by atoms with Crippen molar-refractivity contribution in [2.45, 2.75) is 19.5 Å². The summed E-state index contributed by atoms with van der Waals surface area (Å²) >= 11 is 0. The summed E-state index contributed by atoms with van der Waals surface area (Å²) in [5.74, 6) is 0.831. The van der Waals surface area contributed by atoms with Crippen LogP contribution in [0.3, 0.4) is 0 Å². The van der Waals surface area contributed by atoms with Gasteiger partial charge in [-0.15, -0.1) is 0 Å². The van der Waals surface area contributed by atoms with Crippen LogP contribution in [0.4, 0.5) is 0 Å². The SMILES string of the molecule is COc1cccc(CNC(=O)[C@@H](C)n2ncn3cccc3c2=O)c1OC. The molecule has 1 aromatic carbocycles. The van der Waals surface area contributed by atoms with E-state index < -0.39 is 6.04 Å². The molecule has 8 heteroatoms. The van der Waals surface area contributed by atoms with E-state index in [0.717, 1.165) is 5.56 Å². The van der Waals surface area contributed by atoms with Gasteiger partial charge < -0.3 is 19.2 Å². The van der Waals surface area contributed by atoms with Crippen molar-refractivity contribution in [3.8, 4) is 11.5 Å². The smallest absolute Gasteiger partial charge is 0.291 e. The van der Waals surface area contributed by atoms with Gasteiger partial charge in [-0.1, -0.05) is 12.1 Å². The highest BCUT2D eigenvalue weighted by molar-refractivity contribution is 5.80. The number of carbonyl (C=O) groups is 1. The maximum absolute atomic E-state index is 12.5. The number of methoxy groups -OCH3 is 2. The van der Waals surface area contributed by atoms with Crippen LogP contribution in [0.25, 0.3) is 5.52 Å². The van der Waals surface area contributed by atoms with Crippen molar-refractivity contribution < 1.29 is 14.3 Å². The minimum atomic E-state index is -0.751. The summed E-state index contributed by atoms with van der Waals surface area (Å²) in [4.78, 5) is 25.0. The van der Waals surface area contributed by atoms with Gasteiger partial charge in [0, 0.05) is 18.3 Å². The van der Waals surface area contributed by atoms with Crippen LogP contribution in [0.5, 0.6) is 11.5 Å². The van der Waals surface area contributed by atoms with E-state index in [1.165, 1.54) is 11.0 Å². The summed E-state index contributed by atoms with van der Waals surface area (Å²) in [6.45, 7) is 1.87. The maximum atomic E-state index is 12.5. The molecule has 1 amide bonds. The van der Waals surface area contributed by atoms with E-state index in [4.69, 9.17) is 9.47 Å². The summed E-state index contributed by atoms with van der Waals surface area (Å²) in [5, 5.41) is 6.89.